The van der Waals surface area contributed by atoms with E-state index in [9.17, 15) is 0 Å². The van der Waals surface area contributed by atoms with E-state index >= 15 is 0 Å². The van der Waals surface area contributed by atoms with Gasteiger partial charge in [0.05, 0.1) is 13.2 Å². The number of benzene rings is 7. The second-order valence-electron chi connectivity index (χ2n) is 14.7. The maximum absolute atomic E-state index is 5.76. The van der Waals surface area contributed by atoms with E-state index in [1.54, 1.807) is 0 Å². The zero-order chi connectivity index (χ0) is 29.3. The van der Waals surface area contributed by atoms with E-state index in [1.807, 2.05) is 0 Å². The van der Waals surface area contributed by atoms with Gasteiger partial charge in [-0.2, -0.15) is 0 Å². The summed E-state index contributed by atoms with van der Waals surface area (Å²) >= 11 is 0. The summed E-state index contributed by atoms with van der Waals surface area (Å²) in [5, 5.41) is 10.8. The standard InChI is InChI=1S/C42H32O2/c1-41(2)31-14-10-21-5-7-23(35-19-43-35)15-28(21)40(31)30-18-33-29(17-32(30)41)39-27-13-12-26-25(36-20-44-36)11-9-22-6-8-24(38(27)37(22)26)16-34(39)42(33,3)4/h5-18,35-36H,19-20H2,1-4H3. The topological polar surface area (TPSA) is 25.1 Å². The summed E-state index contributed by atoms with van der Waals surface area (Å²) in [6.45, 7) is 11.3. The summed E-state index contributed by atoms with van der Waals surface area (Å²) < 4.78 is 11.5. The zero-order valence-corrected chi connectivity index (χ0v) is 25.5. The molecule has 2 nitrogen and oxygen atoms in total. The molecule has 2 unspecified atom stereocenters. The van der Waals surface area contributed by atoms with E-state index < -0.39 is 0 Å². The van der Waals surface area contributed by atoms with E-state index in [0.29, 0.717) is 0 Å². The highest BCUT2D eigenvalue weighted by Crippen LogP contribution is 2.59. The molecule has 212 valence electrons. The Morgan fingerprint density at radius 2 is 1.09 bits per heavy atom. The van der Waals surface area contributed by atoms with Gasteiger partial charge in [-0.3, -0.25) is 0 Å². The van der Waals surface area contributed by atoms with Gasteiger partial charge in [-0.15, -0.1) is 0 Å². The van der Waals surface area contributed by atoms with Crippen molar-refractivity contribution in [2.75, 3.05) is 13.2 Å². The van der Waals surface area contributed by atoms with Gasteiger partial charge >= 0.3 is 0 Å². The van der Waals surface area contributed by atoms with E-state index in [2.05, 4.69) is 113 Å². The lowest BCUT2D eigenvalue weighted by molar-refractivity contribution is 0.416. The largest absolute Gasteiger partial charge is 0.368 e. The van der Waals surface area contributed by atoms with Crippen molar-refractivity contribution in [3.63, 3.8) is 0 Å². The first-order valence-electron chi connectivity index (χ1n) is 16.1. The van der Waals surface area contributed by atoms with Gasteiger partial charge in [0.25, 0.3) is 0 Å². The van der Waals surface area contributed by atoms with Crippen LogP contribution in [-0.4, -0.2) is 13.2 Å². The molecule has 2 heterocycles. The van der Waals surface area contributed by atoms with Crippen LogP contribution in [0, 0.1) is 0 Å². The van der Waals surface area contributed by atoms with Gasteiger partial charge in [-0.05, 0) is 123 Å². The first kappa shape index (κ1) is 24.1. The zero-order valence-electron chi connectivity index (χ0n) is 25.5. The minimum atomic E-state index is -0.109. The molecule has 7 aromatic carbocycles. The van der Waals surface area contributed by atoms with Gasteiger partial charge < -0.3 is 9.47 Å². The van der Waals surface area contributed by atoms with E-state index in [4.69, 9.17) is 9.47 Å². The molecule has 0 saturated carbocycles. The van der Waals surface area contributed by atoms with Gasteiger partial charge in [-0.1, -0.05) is 88.4 Å². The molecular formula is C42H32O2. The Morgan fingerprint density at radius 3 is 1.84 bits per heavy atom. The predicted octanol–water partition coefficient (Wildman–Crippen LogP) is 10.5. The van der Waals surface area contributed by atoms with Gasteiger partial charge in [0.2, 0.25) is 0 Å². The van der Waals surface area contributed by atoms with Crippen LogP contribution in [-0.2, 0) is 20.3 Å². The fourth-order valence-corrected chi connectivity index (χ4v) is 9.12. The van der Waals surface area contributed by atoms with Gasteiger partial charge in [-0.25, -0.2) is 0 Å². The minimum absolute atomic E-state index is 0.0875. The molecule has 2 fully saturated rings. The average molecular weight is 569 g/mol. The lowest BCUT2D eigenvalue weighted by Gasteiger charge is -2.24. The average Bonchev–Trinajstić information content (AvgIpc) is 3.96. The Morgan fingerprint density at radius 1 is 0.500 bits per heavy atom. The smallest absolute Gasteiger partial charge is 0.107 e. The monoisotopic (exact) mass is 568 g/mol. The number of hydrogen-bond acceptors (Lipinski definition) is 2. The fraction of sp³-hybridized carbons (Fsp3) is 0.238. The van der Waals surface area contributed by atoms with Crippen LogP contribution in [0.25, 0.3) is 65.3 Å². The van der Waals surface area contributed by atoms with E-state index in [-0.39, 0.29) is 23.0 Å². The van der Waals surface area contributed by atoms with Crippen molar-refractivity contribution in [2.24, 2.45) is 0 Å². The Kier molecular flexibility index (Phi) is 4.12. The van der Waals surface area contributed by atoms with Crippen molar-refractivity contribution in [2.45, 2.75) is 50.7 Å². The predicted molar refractivity (Wildman–Crippen MR) is 180 cm³/mol. The molecule has 0 amide bonds. The summed E-state index contributed by atoms with van der Waals surface area (Å²) in [6.07, 6.45) is 0.488. The van der Waals surface area contributed by atoms with Crippen molar-refractivity contribution >= 4 is 43.1 Å². The molecule has 2 aliphatic heterocycles. The Labute approximate surface area is 256 Å². The number of epoxide rings is 2. The highest BCUT2D eigenvalue weighted by molar-refractivity contribution is 6.27. The first-order valence-corrected chi connectivity index (χ1v) is 16.1. The van der Waals surface area contributed by atoms with Crippen LogP contribution in [0.3, 0.4) is 0 Å². The fourth-order valence-electron chi connectivity index (χ4n) is 9.12. The van der Waals surface area contributed by atoms with Crippen LogP contribution >= 0.6 is 0 Å². The molecule has 2 atom stereocenters. The molecule has 4 aliphatic rings. The minimum Gasteiger partial charge on any atom is -0.368 e. The van der Waals surface area contributed by atoms with Crippen LogP contribution in [0.4, 0.5) is 0 Å². The summed E-state index contributed by atoms with van der Waals surface area (Å²) in [7, 11) is 0. The van der Waals surface area contributed by atoms with Gasteiger partial charge in [0.1, 0.15) is 12.2 Å². The SMILES string of the molecule is CC1(C)c2cc3c(cc2-c2c1ccc1ccc(C4CO4)cc21)C(C)(C)c1cc2ccc4ccc(C5CO5)c5ccc(c1-3)c2c45. The van der Waals surface area contributed by atoms with Crippen LogP contribution in [0.2, 0.25) is 0 Å². The Balaban J connectivity index is 1.22. The van der Waals surface area contributed by atoms with Crippen molar-refractivity contribution < 1.29 is 9.47 Å². The number of fused-ring (bicyclic) bond motifs is 9. The van der Waals surface area contributed by atoms with Crippen LogP contribution in [0.15, 0.2) is 84.9 Å². The summed E-state index contributed by atoms with van der Waals surface area (Å²) in [5.41, 5.74) is 13.8. The van der Waals surface area contributed by atoms with Crippen molar-refractivity contribution in [3.05, 3.63) is 118 Å². The van der Waals surface area contributed by atoms with Crippen LogP contribution in [0.1, 0.15) is 73.3 Å². The van der Waals surface area contributed by atoms with Gasteiger partial charge in [0, 0.05) is 10.8 Å². The molecular weight excluding hydrogens is 536 g/mol. The summed E-state index contributed by atoms with van der Waals surface area (Å²) in [6, 6.07) is 33.2. The molecule has 0 N–H and O–H groups in total. The molecule has 2 aliphatic carbocycles. The third kappa shape index (κ3) is 2.81. The van der Waals surface area contributed by atoms with Crippen LogP contribution < -0.4 is 0 Å². The first-order chi connectivity index (χ1) is 21.3. The number of hydrogen-bond donors (Lipinski definition) is 0. The molecule has 11 rings (SSSR count). The molecule has 44 heavy (non-hydrogen) atoms. The third-order valence-corrected chi connectivity index (χ3v) is 11.6. The van der Waals surface area contributed by atoms with Crippen LogP contribution in [0.5, 0.6) is 0 Å². The van der Waals surface area contributed by atoms with E-state index in [1.165, 1.54) is 98.7 Å². The second kappa shape index (κ2) is 7.51. The summed E-state index contributed by atoms with van der Waals surface area (Å²) in [4.78, 5) is 0. The molecule has 0 radical (unpaired) electrons. The third-order valence-electron chi connectivity index (χ3n) is 11.6. The number of rotatable bonds is 2. The lowest BCUT2D eigenvalue weighted by Crippen LogP contribution is -2.17. The second-order valence-corrected chi connectivity index (χ2v) is 14.7. The lowest BCUT2D eigenvalue weighted by atomic mass is 9.79. The quantitative estimate of drug-likeness (QED) is 0.153. The molecule has 2 heteroatoms. The molecule has 0 spiro atoms. The van der Waals surface area contributed by atoms with Gasteiger partial charge in [0.15, 0.2) is 0 Å². The van der Waals surface area contributed by atoms with Crippen molar-refractivity contribution in [3.8, 4) is 22.3 Å². The van der Waals surface area contributed by atoms with Crippen molar-refractivity contribution in [1.29, 1.82) is 0 Å². The Hall–Kier alpha value is -4.24. The normalized spacial score (nSPS) is 21.6. The maximum atomic E-state index is 5.76. The highest BCUT2D eigenvalue weighted by atomic mass is 16.6. The molecule has 0 bridgehead atoms. The molecule has 0 aromatic heterocycles. The van der Waals surface area contributed by atoms with Crippen molar-refractivity contribution in [1.82, 2.24) is 0 Å². The molecule has 7 aromatic rings. The Bertz CT molecular complexity index is 2450. The maximum Gasteiger partial charge on any atom is 0.107 e. The summed E-state index contributed by atoms with van der Waals surface area (Å²) in [5.74, 6) is 0. The highest BCUT2D eigenvalue weighted by Gasteiger charge is 2.43. The number of ether oxygens (including phenoxy) is 2. The molecule has 2 saturated heterocycles. The van der Waals surface area contributed by atoms with E-state index in [0.717, 1.165) is 13.2 Å².